The minimum atomic E-state index is -0.250. The monoisotopic (exact) mass is 295 g/mol. The highest BCUT2D eigenvalue weighted by Crippen LogP contribution is 2.20. The van der Waals surface area contributed by atoms with Gasteiger partial charge in [-0.2, -0.15) is 0 Å². The Morgan fingerprint density at radius 2 is 1.82 bits per heavy atom. The molecule has 0 aliphatic carbocycles. The molecule has 0 saturated heterocycles. The van der Waals surface area contributed by atoms with Crippen molar-refractivity contribution in [3.8, 4) is 0 Å². The van der Waals surface area contributed by atoms with Gasteiger partial charge in [0.25, 0.3) is 6.47 Å². The van der Waals surface area contributed by atoms with Gasteiger partial charge in [-0.15, -0.1) is 0 Å². The number of aromatic nitrogens is 2. The summed E-state index contributed by atoms with van der Waals surface area (Å²) in [7, 11) is 0. The van der Waals surface area contributed by atoms with Crippen molar-refractivity contribution in [3.05, 3.63) is 65.5 Å². The second-order valence-electron chi connectivity index (χ2n) is 4.81. The minimum Gasteiger partial charge on any atom is -0.483 e. The Hall–Kier alpha value is -2.95. The summed E-state index contributed by atoms with van der Waals surface area (Å²) in [6.45, 7) is 1.79. The standard InChI is InChI=1S/C16H15N3.CH2O2/c1-11-7-8-14-13(9-11)16(17)19-15(18-14)10-12-5-3-2-4-6-12;2-1-3/h2-9H,10H2,1H3,(H2,17,18,19);1H,(H,2,3). The molecule has 1 heterocycles. The molecule has 3 aromatic rings. The first-order valence-electron chi connectivity index (χ1n) is 6.78. The van der Waals surface area contributed by atoms with E-state index in [0.29, 0.717) is 12.2 Å². The Morgan fingerprint density at radius 3 is 2.50 bits per heavy atom. The van der Waals surface area contributed by atoms with E-state index in [4.69, 9.17) is 15.6 Å². The maximum atomic E-state index is 8.36. The third kappa shape index (κ3) is 3.79. The Labute approximate surface area is 128 Å². The molecule has 112 valence electrons. The van der Waals surface area contributed by atoms with Gasteiger partial charge in [0.2, 0.25) is 0 Å². The Balaban J connectivity index is 0.000000545. The van der Waals surface area contributed by atoms with Crippen LogP contribution in [0.25, 0.3) is 10.9 Å². The van der Waals surface area contributed by atoms with Crippen LogP contribution in [0.2, 0.25) is 0 Å². The summed E-state index contributed by atoms with van der Waals surface area (Å²) < 4.78 is 0. The largest absolute Gasteiger partial charge is 0.483 e. The molecule has 0 radical (unpaired) electrons. The van der Waals surface area contributed by atoms with E-state index in [9.17, 15) is 0 Å². The highest BCUT2D eigenvalue weighted by molar-refractivity contribution is 5.88. The number of anilines is 1. The van der Waals surface area contributed by atoms with Gasteiger partial charge in [-0.3, -0.25) is 4.79 Å². The van der Waals surface area contributed by atoms with Crippen LogP contribution in [0, 0.1) is 6.92 Å². The van der Waals surface area contributed by atoms with Crippen LogP contribution in [-0.2, 0) is 11.2 Å². The molecule has 0 amide bonds. The van der Waals surface area contributed by atoms with Crippen LogP contribution in [0.5, 0.6) is 0 Å². The third-order valence-corrected chi connectivity index (χ3v) is 3.13. The molecular weight excluding hydrogens is 278 g/mol. The summed E-state index contributed by atoms with van der Waals surface area (Å²) in [5, 5.41) is 7.82. The molecule has 0 aliphatic heterocycles. The molecule has 5 nitrogen and oxygen atoms in total. The number of hydrogen-bond acceptors (Lipinski definition) is 4. The Kier molecular flexibility index (Phi) is 5.03. The Morgan fingerprint density at radius 1 is 1.14 bits per heavy atom. The molecular formula is C17H17N3O2. The lowest BCUT2D eigenvalue weighted by Crippen LogP contribution is -2.02. The summed E-state index contributed by atoms with van der Waals surface area (Å²) in [5.74, 6) is 1.32. The summed E-state index contributed by atoms with van der Waals surface area (Å²) in [4.78, 5) is 17.3. The molecule has 0 atom stereocenters. The average Bonchev–Trinajstić information content (AvgIpc) is 2.50. The molecule has 2 aromatic carbocycles. The van der Waals surface area contributed by atoms with E-state index in [0.717, 1.165) is 16.7 Å². The van der Waals surface area contributed by atoms with E-state index in [1.54, 1.807) is 0 Å². The van der Waals surface area contributed by atoms with Crippen molar-refractivity contribution >= 4 is 23.2 Å². The third-order valence-electron chi connectivity index (χ3n) is 3.13. The number of nitrogen functional groups attached to an aromatic ring is 1. The van der Waals surface area contributed by atoms with Crippen LogP contribution in [0.15, 0.2) is 48.5 Å². The lowest BCUT2D eigenvalue weighted by molar-refractivity contribution is -0.122. The van der Waals surface area contributed by atoms with E-state index in [1.807, 2.05) is 43.3 Å². The van der Waals surface area contributed by atoms with Crippen molar-refractivity contribution in [1.29, 1.82) is 0 Å². The number of rotatable bonds is 2. The first kappa shape index (κ1) is 15.4. The lowest BCUT2D eigenvalue weighted by Gasteiger charge is -2.06. The molecule has 0 fully saturated rings. The summed E-state index contributed by atoms with van der Waals surface area (Å²) >= 11 is 0. The number of carboxylic acid groups (broad SMARTS) is 1. The summed E-state index contributed by atoms with van der Waals surface area (Å²) in [6.07, 6.45) is 0.703. The van der Waals surface area contributed by atoms with Gasteiger partial charge in [-0.05, 0) is 24.6 Å². The van der Waals surface area contributed by atoms with Crippen LogP contribution in [0.3, 0.4) is 0 Å². The fourth-order valence-corrected chi connectivity index (χ4v) is 2.17. The van der Waals surface area contributed by atoms with Crippen LogP contribution in [-0.4, -0.2) is 21.5 Å². The average molecular weight is 295 g/mol. The zero-order valence-corrected chi connectivity index (χ0v) is 12.2. The molecule has 5 heteroatoms. The first-order valence-corrected chi connectivity index (χ1v) is 6.78. The van der Waals surface area contributed by atoms with E-state index in [2.05, 4.69) is 22.1 Å². The highest BCUT2D eigenvalue weighted by Gasteiger charge is 2.06. The van der Waals surface area contributed by atoms with Crippen LogP contribution in [0.1, 0.15) is 17.0 Å². The zero-order valence-electron chi connectivity index (χ0n) is 12.2. The van der Waals surface area contributed by atoms with E-state index >= 15 is 0 Å². The van der Waals surface area contributed by atoms with Crippen molar-refractivity contribution in [2.75, 3.05) is 5.73 Å². The number of nitrogens with two attached hydrogens (primary N) is 1. The fourth-order valence-electron chi connectivity index (χ4n) is 2.17. The number of hydrogen-bond donors (Lipinski definition) is 2. The molecule has 0 spiro atoms. The first-order chi connectivity index (χ1) is 10.6. The molecule has 1 aromatic heterocycles. The molecule has 0 unspecified atom stereocenters. The maximum absolute atomic E-state index is 8.36. The van der Waals surface area contributed by atoms with Crippen molar-refractivity contribution in [3.63, 3.8) is 0 Å². The predicted molar refractivity (Wildman–Crippen MR) is 86.6 cm³/mol. The maximum Gasteiger partial charge on any atom is 0.290 e. The number of benzene rings is 2. The highest BCUT2D eigenvalue weighted by atomic mass is 16.3. The quantitative estimate of drug-likeness (QED) is 0.710. The smallest absolute Gasteiger partial charge is 0.290 e. The van der Waals surface area contributed by atoms with Gasteiger partial charge in [0.05, 0.1) is 5.52 Å². The summed E-state index contributed by atoms with van der Waals surface area (Å²) in [5.41, 5.74) is 9.29. The van der Waals surface area contributed by atoms with Gasteiger partial charge in [0, 0.05) is 11.8 Å². The van der Waals surface area contributed by atoms with Gasteiger partial charge in [0.15, 0.2) is 0 Å². The molecule has 3 N–H and O–H groups in total. The van der Waals surface area contributed by atoms with Crippen LogP contribution < -0.4 is 5.73 Å². The number of nitrogens with zero attached hydrogens (tertiary/aromatic N) is 2. The lowest BCUT2D eigenvalue weighted by atomic mass is 10.1. The fraction of sp³-hybridized carbons (Fsp3) is 0.118. The van der Waals surface area contributed by atoms with E-state index in [1.165, 1.54) is 11.1 Å². The van der Waals surface area contributed by atoms with Gasteiger partial charge in [0.1, 0.15) is 11.6 Å². The van der Waals surface area contributed by atoms with Crippen LogP contribution >= 0.6 is 0 Å². The SMILES string of the molecule is Cc1ccc2nc(Cc3ccccc3)nc(N)c2c1.O=CO. The Bertz CT molecular complexity index is 773. The van der Waals surface area contributed by atoms with E-state index < -0.39 is 0 Å². The number of fused-ring (bicyclic) bond motifs is 1. The van der Waals surface area contributed by atoms with Gasteiger partial charge in [-0.1, -0.05) is 42.0 Å². The number of carbonyl (C=O) groups is 1. The zero-order chi connectivity index (χ0) is 15.9. The van der Waals surface area contributed by atoms with Crippen molar-refractivity contribution in [1.82, 2.24) is 9.97 Å². The van der Waals surface area contributed by atoms with Gasteiger partial charge < -0.3 is 10.8 Å². The molecule has 22 heavy (non-hydrogen) atoms. The van der Waals surface area contributed by atoms with Crippen molar-refractivity contribution in [2.45, 2.75) is 13.3 Å². The normalized spacial score (nSPS) is 9.86. The van der Waals surface area contributed by atoms with Gasteiger partial charge in [-0.25, -0.2) is 9.97 Å². The molecule has 3 rings (SSSR count). The second kappa shape index (κ2) is 7.17. The second-order valence-corrected chi connectivity index (χ2v) is 4.81. The summed E-state index contributed by atoms with van der Waals surface area (Å²) in [6, 6.07) is 16.2. The topological polar surface area (TPSA) is 89.1 Å². The molecule has 0 saturated carbocycles. The van der Waals surface area contributed by atoms with Gasteiger partial charge >= 0.3 is 0 Å². The van der Waals surface area contributed by atoms with Crippen molar-refractivity contribution < 1.29 is 9.90 Å². The van der Waals surface area contributed by atoms with Crippen molar-refractivity contribution in [2.24, 2.45) is 0 Å². The van der Waals surface area contributed by atoms with Crippen LogP contribution in [0.4, 0.5) is 5.82 Å². The molecule has 0 aliphatic rings. The number of aryl methyl sites for hydroxylation is 1. The predicted octanol–water partition coefficient (Wildman–Crippen LogP) is 2.81. The minimum absolute atomic E-state index is 0.250. The van der Waals surface area contributed by atoms with E-state index in [-0.39, 0.29) is 6.47 Å². The molecule has 0 bridgehead atoms.